The lowest BCUT2D eigenvalue weighted by Crippen LogP contribution is -2.12. The molecule has 0 radical (unpaired) electrons. The molecule has 2 N–H and O–H groups in total. The largest absolute Gasteiger partial charge is 0.506 e. The third kappa shape index (κ3) is 2.61. The molecule has 0 saturated carbocycles. The van der Waals surface area contributed by atoms with E-state index in [1.165, 1.54) is 6.21 Å². The fraction of sp³-hybridized carbons (Fsp3) is 0.0588. The van der Waals surface area contributed by atoms with E-state index >= 15 is 0 Å². The van der Waals surface area contributed by atoms with Crippen molar-refractivity contribution in [3.05, 3.63) is 69.0 Å². The summed E-state index contributed by atoms with van der Waals surface area (Å²) in [5.41, 5.74) is 1.88. The van der Waals surface area contributed by atoms with E-state index in [1.807, 2.05) is 13.0 Å². The predicted octanol–water partition coefficient (Wildman–Crippen LogP) is 3.95. The van der Waals surface area contributed by atoms with Crippen LogP contribution in [0.2, 0.25) is 5.02 Å². The quantitative estimate of drug-likeness (QED) is 0.704. The van der Waals surface area contributed by atoms with Crippen LogP contribution in [0.25, 0.3) is 10.9 Å². The summed E-state index contributed by atoms with van der Waals surface area (Å²) in [7, 11) is 0. The number of aromatic hydroxyl groups is 1. The molecule has 3 aromatic rings. The van der Waals surface area contributed by atoms with Crippen LogP contribution >= 0.6 is 11.6 Å². The van der Waals surface area contributed by atoms with E-state index in [4.69, 9.17) is 11.6 Å². The number of hydrogen-bond acceptors (Lipinski definition) is 3. The van der Waals surface area contributed by atoms with Crippen LogP contribution in [-0.2, 0) is 0 Å². The second kappa shape index (κ2) is 5.66. The highest BCUT2D eigenvalue weighted by molar-refractivity contribution is 6.31. The summed E-state index contributed by atoms with van der Waals surface area (Å²) in [6.45, 7) is 1.90. The molecule has 0 spiro atoms. The minimum atomic E-state index is -0.391. The summed E-state index contributed by atoms with van der Waals surface area (Å²) >= 11 is 6.05. The summed E-state index contributed by atoms with van der Waals surface area (Å²) < 4.78 is 0. The molecule has 0 atom stereocenters. The molecule has 110 valence electrons. The number of hydrogen-bond donors (Lipinski definition) is 2. The number of aryl methyl sites for hydroxylation is 1. The van der Waals surface area contributed by atoms with Crippen molar-refractivity contribution in [1.29, 1.82) is 0 Å². The zero-order valence-electron chi connectivity index (χ0n) is 11.8. The van der Waals surface area contributed by atoms with Gasteiger partial charge < -0.3 is 10.1 Å². The summed E-state index contributed by atoms with van der Waals surface area (Å²) in [5, 5.41) is 11.4. The molecule has 1 aromatic heterocycles. The van der Waals surface area contributed by atoms with Gasteiger partial charge in [0.1, 0.15) is 11.3 Å². The smallest absolute Gasteiger partial charge is 0.261 e. The van der Waals surface area contributed by atoms with Crippen molar-refractivity contribution in [1.82, 2.24) is 4.98 Å². The van der Waals surface area contributed by atoms with Gasteiger partial charge in [-0.05, 0) is 36.8 Å². The van der Waals surface area contributed by atoms with E-state index in [9.17, 15) is 9.90 Å². The second-order valence-corrected chi connectivity index (χ2v) is 5.36. The molecule has 0 bridgehead atoms. The number of H-pyrrole nitrogens is 1. The maximum atomic E-state index is 12.1. The minimum absolute atomic E-state index is 0.0821. The molecule has 0 saturated heterocycles. The maximum absolute atomic E-state index is 12.1. The molecule has 0 unspecified atom stereocenters. The van der Waals surface area contributed by atoms with Crippen LogP contribution in [0.4, 0.5) is 5.69 Å². The van der Waals surface area contributed by atoms with Crippen molar-refractivity contribution in [3.63, 3.8) is 0 Å². The highest BCUT2D eigenvalue weighted by atomic mass is 35.5. The van der Waals surface area contributed by atoms with Crippen molar-refractivity contribution < 1.29 is 5.11 Å². The van der Waals surface area contributed by atoms with Crippen LogP contribution in [0, 0.1) is 6.92 Å². The summed E-state index contributed by atoms with van der Waals surface area (Å²) in [5.74, 6) is -0.0821. The molecule has 2 aromatic carbocycles. The lowest BCUT2D eigenvalue weighted by atomic mass is 10.1. The van der Waals surface area contributed by atoms with E-state index in [2.05, 4.69) is 9.98 Å². The number of fused-ring (bicyclic) bond motifs is 1. The van der Waals surface area contributed by atoms with Crippen LogP contribution < -0.4 is 5.56 Å². The molecule has 0 aliphatic rings. The van der Waals surface area contributed by atoms with E-state index in [0.29, 0.717) is 21.6 Å². The van der Waals surface area contributed by atoms with Crippen LogP contribution in [0.1, 0.15) is 11.1 Å². The number of aromatic nitrogens is 1. The van der Waals surface area contributed by atoms with Crippen LogP contribution in [0.3, 0.4) is 0 Å². The number of benzene rings is 2. The molecular weight excluding hydrogens is 300 g/mol. The third-order valence-electron chi connectivity index (χ3n) is 3.43. The van der Waals surface area contributed by atoms with Gasteiger partial charge in [0, 0.05) is 16.6 Å². The Morgan fingerprint density at radius 3 is 2.77 bits per heavy atom. The number of aliphatic imine (C=N–C) groups is 1. The lowest BCUT2D eigenvalue weighted by molar-refractivity contribution is 0.479. The Balaban J connectivity index is 2.08. The minimum Gasteiger partial charge on any atom is -0.506 e. The van der Waals surface area contributed by atoms with Gasteiger partial charge in [-0.15, -0.1) is 0 Å². The molecule has 3 rings (SSSR count). The van der Waals surface area contributed by atoms with Gasteiger partial charge in [-0.3, -0.25) is 9.79 Å². The Labute approximate surface area is 131 Å². The molecule has 5 heteroatoms. The van der Waals surface area contributed by atoms with E-state index in [0.717, 1.165) is 5.56 Å². The standard InChI is InChI=1S/C17H13ClN2O2/c1-10-6-7-11(8-14(10)18)19-9-13-16(21)12-4-2-3-5-15(12)20-17(13)22/h2-9H,1H3,(H2,20,21,22). The van der Waals surface area contributed by atoms with Crippen molar-refractivity contribution in [2.75, 3.05) is 0 Å². The molecule has 4 nitrogen and oxygen atoms in total. The summed E-state index contributed by atoms with van der Waals surface area (Å²) in [6.07, 6.45) is 1.35. The number of nitrogens with one attached hydrogen (secondary N) is 1. The van der Waals surface area contributed by atoms with Gasteiger partial charge in [-0.25, -0.2) is 0 Å². The number of halogens is 1. The molecule has 0 amide bonds. The normalized spacial score (nSPS) is 11.4. The molecular formula is C17H13ClN2O2. The first-order chi connectivity index (χ1) is 10.6. The van der Waals surface area contributed by atoms with Crippen LogP contribution in [0.5, 0.6) is 5.75 Å². The van der Waals surface area contributed by atoms with Crippen molar-refractivity contribution >= 4 is 34.4 Å². The topological polar surface area (TPSA) is 65.5 Å². The average Bonchev–Trinajstić information content (AvgIpc) is 2.50. The first-order valence-electron chi connectivity index (χ1n) is 6.70. The highest BCUT2D eigenvalue weighted by Gasteiger charge is 2.09. The second-order valence-electron chi connectivity index (χ2n) is 4.95. The van der Waals surface area contributed by atoms with Crippen molar-refractivity contribution in [2.45, 2.75) is 6.92 Å². The Morgan fingerprint density at radius 2 is 2.00 bits per heavy atom. The summed E-state index contributed by atoms with van der Waals surface area (Å²) in [6, 6.07) is 12.4. The number of aromatic amines is 1. The van der Waals surface area contributed by atoms with Gasteiger partial charge in [0.25, 0.3) is 5.56 Å². The Bertz CT molecular complexity index is 945. The molecule has 0 aliphatic carbocycles. The monoisotopic (exact) mass is 312 g/mol. The zero-order chi connectivity index (χ0) is 15.7. The average molecular weight is 313 g/mol. The van der Waals surface area contributed by atoms with Gasteiger partial charge >= 0.3 is 0 Å². The first-order valence-corrected chi connectivity index (χ1v) is 7.08. The maximum Gasteiger partial charge on any atom is 0.261 e. The van der Waals surface area contributed by atoms with Gasteiger partial charge in [-0.2, -0.15) is 0 Å². The molecule has 22 heavy (non-hydrogen) atoms. The van der Waals surface area contributed by atoms with Crippen molar-refractivity contribution in [2.24, 2.45) is 4.99 Å². The number of rotatable bonds is 2. The van der Waals surface area contributed by atoms with Crippen LogP contribution in [0.15, 0.2) is 52.3 Å². The fourth-order valence-corrected chi connectivity index (χ4v) is 2.34. The lowest BCUT2D eigenvalue weighted by Gasteiger charge is -2.04. The SMILES string of the molecule is Cc1ccc(N=Cc2c(O)c3ccccc3[nH]c2=O)cc1Cl. The Morgan fingerprint density at radius 1 is 1.23 bits per heavy atom. The molecule has 1 heterocycles. The molecule has 0 aliphatic heterocycles. The molecule has 0 fully saturated rings. The number of para-hydroxylation sites is 1. The zero-order valence-corrected chi connectivity index (χ0v) is 12.6. The van der Waals surface area contributed by atoms with Gasteiger partial charge in [0.2, 0.25) is 0 Å². The van der Waals surface area contributed by atoms with Crippen molar-refractivity contribution in [3.8, 4) is 5.75 Å². The van der Waals surface area contributed by atoms with Gasteiger partial charge in [0.15, 0.2) is 0 Å². The third-order valence-corrected chi connectivity index (χ3v) is 3.84. The van der Waals surface area contributed by atoms with E-state index in [-0.39, 0.29) is 11.3 Å². The summed E-state index contributed by atoms with van der Waals surface area (Å²) in [4.78, 5) is 19.0. The fourth-order valence-electron chi connectivity index (χ4n) is 2.16. The number of nitrogens with zero attached hydrogens (tertiary/aromatic N) is 1. The first kappa shape index (κ1) is 14.4. The Hall–Kier alpha value is -2.59. The van der Waals surface area contributed by atoms with Crippen LogP contribution in [-0.4, -0.2) is 16.3 Å². The van der Waals surface area contributed by atoms with Gasteiger partial charge in [0.05, 0.1) is 11.2 Å². The highest BCUT2D eigenvalue weighted by Crippen LogP contribution is 2.25. The van der Waals surface area contributed by atoms with Gasteiger partial charge in [-0.1, -0.05) is 29.8 Å². The van der Waals surface area contributed by atoms with E-state index in [1.54, 1.807) is 36.4 Å². The predicted molar refractivity (Wildman–Crippen MR) is 89.7 cm³/mol. The Kier molecular flexibility index (Phi) is 3.69. The number of pyridine rings is 1. The van der Waals surface area contributed by atoms with E-state index < -0.39 is 5.56 Å².